The summed E-state index contributed by atoms with van der Waals surface area (Å²) in [5.74, 6) is 0.724. The van der Waals surface area contributed by atoms with Gasteiger partial charge in [0.05, 0.1) is 30.4 Å². The van der Waals surface area contributed by atoms with E-state index in [1.165, 1.54) is 0 Å². The average Bonchev–Trinajstić information content (AvgIpc) is 2.93. The van der Waals surface area contributed by atoms with Crippen LogP contribution in [0.4, 0.5) is 0 Å². The van der Waals surface area contributed by atoms with E-state index in [4.69, 9.17) is 22.1 Å². The lowest BCUT2D eigenvalue weighted by molar-refractivity contribution is 0.414. The monoisotopic (exact) mass is 263 g/mol. The molecule has 0 unspecified atom stereocenters. The number of hydrogen-bond acceptors (Lipinski definition) is 3. The molecule has 18 heavy (non-hydrogen) atoms. The van der Waals surface area contributed by atoms with Crippen LogP contribution in [-0.4, -0.2) is 16.7 Å². The van der Waals surface area contributed by atoms with Crippen molar-refractivity contribution in [2.75, 3.05) is 7.11 Å². The third-order valence-corrected chi connectivity index (χ3v) is 3.49. The fourth-order valence-corrected chi connectivity index (χ4v) is 2.15. The van der Waals surface area contributed by atoms with Gasteiger partial charge in [-0.15, -0.1) is 0 Å². The van der Waals surface area contributed by atoms with Gasteiger partial charge in [0.2, 0.25) is 0 Å². The van der Waals surface area contributed by atoms with Gasteiger partial charge in [0.25, 0.3) is 0 Å². The molecule has 0 bridgehead atoms. The minimum atomic E-state index is -0.214. The molecule has 1 fully saturated rings. The van der Waals surface area contributed by atoms with Crippen molar-refractivity contribution >= 4 is 11.6 Å². The number of hydrogen-bond donors (Lipinski definition) is 1. The van der Waals surface area contributed by atoms with E-state index in [0.29, 0.717) is 5.02 Å². The van der Waals surface area contributed by atoms with Crippen molar-refractivity contribution in [2.45, 2.75) is 18.4 Å². The second kappa shape index (κ2) is 4.00. The van der Waals surface area contributed by atoms with Gasteiger partial charge in [0, 0.05) is 17.3 Å². The highest BCUT2D eigenvalue weighted by Gasteiger charge is 2.42. The first-order chi connectivity index (χ1) is 8.60. The van der Waals surface area contributed by atoms with Gasteiger partial charge < -0.3 is 15.0 Å². The maximum Gasteiger partial charge on any atom is 0.122 e. The van der Waals surface area contributed by atoms with Crippen LogP contribution in [0.15, 0.2) is 30.7 Å². The van der Waals surface area contributed by atoms with Crippen molar-refractivity contribution in [2.24, 2.45) is 5.73 Å². The van der Waals surface area contributed by atoms with E-state index in [0.717, 1.165) is 30.0 Å². The van der Waals surface area contributed by atoms with Crippen molar-refractivity contribution in [1.82, 2.24) is 9.55 Å². The van der Waals surface area contributed by atoms with E-state index < -0.39 is 0 Å². The minimum Gasteiger partial charge on any atom is -0.497 e. The first-order valence-electron chi connectivity index (χ1n) is 5.79. The van der Waals surface area contributed by atoms with Crippen molar-refractivity contribution in [3.05, 3.63) is 41.4 Å². The summed E-state index contributed by atoms with van der Waals surface area (Å²) in [7, 11) is 1.62. The molecular formula is C13H14ClN3O. The standard InChI is InChI=1S/C13H14ClN3O/c1-18-11-5-9(14)4-10(6-11)17-7-12(16-8-17)13(15)2-3-13/h4-8H,2-3,15H2,1H3. The summed E-state index contributed by atoms with van der Waals surface area (Å²) < 4.78 is 7.11. The Morgan fingerprint density at radius 1 is 1.39 bits per heavy atom. The Hall–Kier alpha value is -1.52. The lowest BCUT2D eigenvalue weighted by Crippen LogP contribution is -2.18. The smallest absolute Gasteiger partial charge is 0.122 e. The molecular weight excluding hydrogens is 250 g/mol. The Balaban J connectivity index is 1.99. The molecule has 0 spiro atoms. The summed E-state index contributed by atoms with van der Waals surface area (Å²) in [5.41, 5.74) is 7.76. The Bertz CT molecular complexity index is 590. The third-order valence-electron chi connectivity index (χ3n) is 3.27. The van der Waals surface area contributed by atoms with Gasteiger partial charge >= 0.3 is 0 Å². The lowest BCUT2D eigenvalue weighted by Gasteiger charge is -2.07. The maximum atomic E-state index is 6.12. The fourth-order valence-electron chi connectivity index (χ4n) is 1.93. The van der Waals surface area contributed by atoms with Crippen molar-refractivity contribution in [3.8, 4) is 11.4 Å². The molecule has 1 heterocycles. The molecule has 1 aliphatic rings. The fraction of sp³-hybridized carbons (Fsp3) is 0.308. The Kier molecular flexibility index (Phi) is 2.57. The molecule has 1 saturated carbocycles. The quantitative estimate of drug-likeness (QED) is 0.926. The summed E-state index contributed by atoms with van der Waals surface area (Å²) in [6.45, 7) is 0. The minimum absolute atomic E-state index is 0.214. The molecule has 2 aromatic rings. The zero-order valence-corrected chi connectivity index (χ0v) is 10.8. The molecule has 5 heteroatoms. The largest absolute Gasteiger partial charge is 0.497 e. The summed E-state index contributed by atoms with van der Waals surface area (Å²) in [5, 5.41) is 0.633. The number of nitrogens with zero attached hydrogens (tertiary/aromatic N) is 2. The SMILES string of the molecule is COc1cc(Cl)cc(-n2cnc(C3(N)CC3)c2)c1. The zero-order chi connectivity index (χ0) is 12.8. The van der Waals surface area contributed by atoms with Crippen molar-refractivity contribution in [3.63, 3.8) is 0 Å². The van der Waals surface area contributed by atoms with Gasteiger partial charge in [-0.2, -0.15) is 0 Å². The third kappa shape index (κ3) is 1.98. The molecule has 4 nitrogen and oxygen atoms in total. The second-order valence-corrected chi connectivity index (χ2v) is 5.11. The van der Waals surface area contributed by atoms with Crippen LogP contribution in [0.5, 0.6) is 5.75 Å². The normalized spacial score (nSPS) is 16.6. The van der Waals surface area contributed by atoms with Crippen molar-refractivity contribution < 1.29 is 4.74 Å². The van der Waals surface area contributed by atoms with E-state index >= 15 is 0 Å². The Morgan fingerprint density at radius 3 is 2.83 bits per heavy atom. The maximum absolute atomic E-state index is 6.12. The summed E-state index contributed by atoms with van der Waals surface area (Å²) in [6, 6.07) is 5.55. The lowest BCUT2D eigenvalue weighted by atomic mass is 10.2. The van der Waals surface area contributed by atoms with Crippen LogP contribution >= 0.6 is 11.6 Å². The number of nitrogens with two attached hydrogens (primary N) is 1. The van der Waals surface area contributed by atoms with Crippen LogP contribution in [0.3, 0.4) is 0 Å². The van der Waals surface area contributed by atoms with E-state index in [9.17, 15) is 0 Å². The number of rotatable bonds is 3. The van der Waals surface area contributed by atoms with Gasteiger partial charge in [0.15, 0.2) is 0 Å². The van der Waals surface area contributed by atoms with E-state index in [1.54, 1.807) is 19.5 Å². The van der Waals surface area contributed by atoms with Crippen LogP contribution in [0.2, 0.25) is 5.02 Å². The van der Waals surface area contributed by atoms with Crippen LogP contribution < -0.4 is 10.5 Å². The van der Waals surface area contributed by atoms with Crippen LogP contribution in [0, 0.1) is 0 Å². The highest BCUT2D eigenvalue weighted by atomic mass is 35.5. The van der Waals surface area contributed by atoms with E-state index in [-0.39, 0.29) is 5.54 Å². The summed E-state index contributed by atoms with van der Waals surface area (Å²) in [6.07, 6.45) is 5.72. The predicted molar refractivity (Wildman–Crippen MR) is 70.2 cm³/mol. The number of imidazole rings is 1. The first kappa shape index (κ1) is 11.6. The number of ether oxygens (including phenoxy) is 1. The molecule has 1 aromatic heterocycles. The van der Waals surface area contributed by atoms with E-state index in [2.05, 4.69) is 4.98 Å². The van der Waals surface area contributed by atoms with Gasteiger partial charge in [-0.25, -0.2) is 4.98 Å². The van der Waals surface area contributed by atoms with Crippen molar-refractivity contribution in [1.29, 1.82) is 0 Å². The molecule has 0 radical (unpaired) electrons. The van der Waals surface area contributed by atoms with Gasteiger partial charge in [-0.05, 0) is 25.0 Å². The molecule has 1 aromatic carbocycles. The van der Waals surface area contributed by atoms with Gasteiger partial charge in [0.1, 0.15) is 5.75 Å². The van der Waals surface area contributed by atoms with Crippen LogP contribution in [0.1, 0.15) is 18.5 Å². The number of benzene rings is 1. The summed E-state index contributed by atoms with van der Waals surface area (Å²) in [4.78, 5) is 4.37. The number of aromatic nitrogens is 2. The molecule has 0 amide bonds. The first-order valence-corrected chi connectivity index (χ1v) is 6.17. The van der Waals surface area contributed by atoms with Crippen LogP contribution in [0.25, 0.3) is 5.69 Å². The molecule has 94 valence electrons. The molecule has 0 atom stereocenters. The number of methoxy groups -OCH3 is 1. The Labute approximate surface area is 110 Å². The molecule has 0 aliphatic heterocycles. The van der Waals surface area contributed by atoms with Gasteiger partial charge in [-0.3, -0.25) is 0 Å². The molecule has 1 aliphatic carbocycles. The zero-order valence-electron chi connectivity index (χ0n) is 10.1. The Morgan fingerprint density at radius 2 is 2.17 bits per heavy atom. The summed E-state index contributed by atoms with van der Waals surface area (Å²) >= 11 is 6.05. The molecule has 2 N–H and O–H groups in total. The van der Waals surface area contributed by atoms with Gasteiger partial charge in [-0.1, -0.05) is 11.6 Å². The van der Waals surface area contributed by atoms with Crippen LogP contribution in [-0.2, 0) is 5.54 Å². The number of halogens is 1. The van der Waals surface area contributed by atoms with E-state index in [1.807, 2.05) is 22.9 Å². The highest BCUT2D eigenvalue weighted by Crippen LogP contribution is 2.41. The molecule has 0 saturated heterocycles. The topological polar surface area (TPSA) is 53.1 Å². The molecule has 3 rings (SSSR count). The predicted octanol–water partition coefficient (Wildman–Crippen LogP) is 2.48. The highest BCUT2D eigenvalue weighted by molar-refractivity contribution is 6.30. The average molecular weight is 264 g/mol. The second-order valence-electron chi connectivity index (χ2n) is 4.67.